The molecule has 0 bridgehead atoms. The molecule has 0 amide bonds. The summed E-state index contributed by atoms with van der Waals surface area (Å²) in [5.74, 6) is 0.921. The van der Waals surface area contributed by atoms with Gasteiger partial charge in [0.1, 0.15) is 11.6 Å². The van der Waals surface area contributed by atoms with Crippen molar-refractivity contribution in [3.05, 3.63) is 168 Å². The predicted molar refractivity (Wildman–Crippen MR) is 243 cm³/mol. The molecule has 300 valence electrons. The van der Waals surface area contributed by atoms with Crippen LogP contribution in [0.2, 0.25) is 0 Å². The van der Waals surface area contributed by atoms with Gasteiger partial charge in [-0.25, -0.2) is 4.98 Å². The zero-order valence-corrected chi connectivity index (χ0v) is 37.7. The van der Waals surface area contributed by atoms with Crippen molar-refractivity contribution < 1.29 is 26.2 Å². The molecule has 2 aromatic heterocycles. The molecule has 0 spiro atoms. The molecule has 0 aliphatic heterocycles. The number of fused-ring (bicyclic) bond motifs is 1. The van der Waals surface area contributed by atoms with Crippen LogP contribution in [-0.4, -0.2) is 19.6 Å². The van der Waals surface area contributed by atoms with E-state index in [2.05, 4.69) is 188 Å². The van der Waals surface area contributed by atoms with Gasteiger partial charge >= 0.3 is 0 Å². The predicted octanol–water partition coefficient (Wildman–Crippen LogP) is 14.2. The Bertz CT molecular complexity index is 2780. The van der Waals surface area contributed by atoms with E-state index >= 15 is 0 Å². The molecule has 0 saturated heterocycles. The zero-order valence-electron chi connectivity index (χ0n) is 35.5. The van der Waals surface area contributed by atoms with Crippen molar-refractivity contribution in [1.82, 2.24) is 14.5 Å². The summed E-state index contributed by atoms with van der Waals surface area (Å²) in [5.41, 5.74) is 14.4. The fraction of sp³-hybridized carbons (Fsp3) is 0.222. The van der Waals surface area contributed by atoms with Crippen LogP contribution >= 0.6 is 0 Å². The summed E-state index contributed by atoms with van der Waals surface area (Å²) >= 11 is 0. The van der Waals surface area contributed by atoms with Crippen LogP contribution in [-0.2, 0) is 37.3 Å². The van der Waals surface area contributed by atoms with E-state index in [4.69, 9.17) is 9.97 Å². The summed E-state index contributed by atoms with van der Waals surface area (Å²) < 4.78 is 2.24. The molecule has 4 nitrogen and oxygen atoms in total. The van der Waals surface area contributed by atoms with E-state index in [-0.39, 0.29) is 43.1 Å². The third-order valence-corrected chi connectivity index (χ3v) is 11.1. The second-order valence-corrected chi connectivity index (χ2v) is 18.5. The number of phenols is 1. The molecule has 0 saturated carbocycles. The first-order chi connectivity index (χ1) is 27.6. The van der Waals surface area contributed by atoms with E-state index < -0.39 is 0 Å². The normalized spacial score (nSPS) is 12.1. The van der Waals surface area contributed by atoms with E-state index in [0.717, 1.165) is 66.9 Å². The monoisotopic (exact) mass is 953 g/mol. The van der Waals surface area contributed by atoms with Gasteiger partial charge in [0.15, 0.2) is 0 Å². The number of rotatable bonds is 6. The molecule has 6 aromatic carbocycles. The van der Waals surface area contributed by atoms with Crippen molar-refractivity contribution in [3.8, 4) is 67.5 Å². The van der Waals surface area contributed by atoms with E-state index in [1.165, 1.54) is 11.1 Å². The average molecular weight is 954 g/mol. The molecule has 2 heterocycles. The Hall–Kier alpha value is -5.57. The standard InChI is InChI=1S/C54H52N3O.Pt/c1-52(2,3)40-26-27-47(44(34-40)36-20-14-11-15-21-36)57-48-25-17-22-42(49(48)56-51(57)43-23-16-24-45(50(43)58)54(7,8)9)38-30-39(32-41(31-38)53(4,5)6)46-33-37(28-29-55-46)35-18-12-10-13-19-35;/h10-29,31-34,58H,1-9H3;/q-1;. The maximum absolute atomic E-state index is 12.1. The van der Waals surface area contributed by atoms with E-state index in [1.807, 2.05) is 30.5 Å². The van der Waals surface area contributed by atoms with Gasteiger partial charge in [-0.2, -0.15) is 0 Å². The molecule has 0 aliphatic rings. The molecule has 59 heavy (non-hydrogen) atoms. The van der Waals surface area contributed by atoms with Crippen LogP contribution in [0.4, 0.5) is 0 Å². The number of aromatic hydroxyl groups is 1. The molecular weight excluding hydrogens is 902 g/mol. The fourth-order valence-corrected chi connectivity index (χ4v) is 7.79. The molecule has 1 N–H and O–H groups in total. The molecule has 0 unspecified atom stereocenters. The van der Waals surface area contributed by atoms with Gasteiger partial charge in [0.25, 0.3) is 0 Å². The fourth-order valence-electron chi connectivity index (χ4n) is 7.79. The third kappa shape index (κ3) is 8.21. The number of hydrogen-bond donors (Lipinski definition) is 1. The topological polar surface area (TPSA) is 50.9 Å². The van der Waals surface area contributed by atoms with Crippen molar-refractivity contribution in [2.45, 2.75) is 78.6 Å². The van der Waals surface area contributed by atoms with Gasteiger partial charge in [-0.3, -0.25) is 9.55 Å². The molecule has 0 atom stereocenters. The number of nitrogens with zero attached hydrogens (tertiary/aromatic N) is 3. The van der Waals surface area contributed by atoms with Gasteiger partial charge in [-0.1, -0.05) is 171 Å². The molecular formula is C54H52N3OPt-. The van der Waals surface area contributed by atoms with Crippen LogP contribution < -0.4 is 0 Å². The van der Waals surface area contributed by atoms with Crippen molar-refractivity contribution in [1.29, 1.82) is 0 Å². The van der Waals surface area contributed by atoms with Gasteiger partial charge in [-0.15, -0.1) is 29.3 Å². The Morgan fingerprint density at radius 1 is 0.525 bits per heavy atom. The SMILES string of the molecule is CC(C)(C)c1cc(-c2cc(-c3ccccc3)ccn2)[c-]c(-c2cccc3c2nc(-c2cccc(C(C)(C)C)c2O)n3-c2ccc(C(C)(C)C)cc2-c2ccccc2)c1.[Pt]. The Labute approximate surface area is 364 Å². The van der Waals surface area contributed by atoms with Crippen LogP contribution in [0.1, 0.15) is 79.0 Å². The number of pyridine rings is 1. The van der Waals surface area contributed by atoms with Crippen LogP contribution in [0.15, 0.2) is 146 Å². The van der Waals surface area contributed by atoms with Crippen LogP contribution in [0, 0.1) is 6.07 Å². The first kappa shape index (κ1) is 41.6. The summed E-state index contributed by atoms with van der Waals surface area (Å²) in [4.78, 5) is 10.4. The number of aromatic nitrogens is 3. The summed E-state index contributed by atoms with van der Waals surface area (Å²) in [7, 11) is 0. The van der Waals surface area contributed by atoms with Gasteiger partial charge in [-0.05, 0) is 74.4 Å². The minimum atomic E-state index is -0.281. The second kappa shape index (κ2) is 15.9. The molecule has 0 aliphatic carbocycles. The maximum Gasteiger partial charge on any atom is 0.148 e. The number of para-hydroxylation sites is 2. The maximum atomic E-state index is 12.1. The summed E-state index contributed by atoms with van der Waals surface area (Å²) in [6.45, 7) is 19.9. The number of phenolic OH excluding ortho intramolecular Hbond substituents is 1. The molecule has 0 fully saturated rings. The summed E-state index contributed by atoms with van der Waals surface area (Å²) in [5, 5.41) is 12.1. The Morgan fingerprint density at radius 2 is 1.15 bits per heavy atom. The molecule has 8 aromatic rings. The number of benzene rings is 6. The van der Waals surface area contributed by atoms with Crippen molar-refractivity contribution in [2.24, 2.45) is 0 Å². The van der Waals surface area contributed by atoms with Crippen LogP contribution in [0.5, 0.6) is 5.75 Å². The zero-order chi connectivity index (χ0) is 41.0. The largest absolute Gasteiger partial charge is 0.507 e. The molecule has 0 radical (unpaired) electrons. The molecule has 8 rings (SSSR count). The van der Waals surface area contributed by atoms with E-state index in [1.54, 1.807) is 0 Å². The third-order valence-electron chi connectivity index (χ3n) is 11.1. The van der Waals surface area contributed by atoms with Crippen LogP contribution in [0.25, 0.3) is 72.7 Å². The van der Waals surface area contributed by atoms with E-state index in [9.17, 15) is 5.11 Å². The molecule has 5 heteroatoms. The minimum Gasteiger partial charge on any atom is -0.507 e. The number of imidazole rings is 1. The quantitative estimate of drug-likeness (QED) is 0.169. The van der Waals surface area contributed by atoms with Crippen LogP contribution in [0.3, 0.4) is 0 Å². The first-order valence-corrected chi connectivity index (χ1v) is 20.2. The van der Waals surface area contributed by atoms with Gasteiger partial charge in [0, 0.05) is 38.5 Å². The van der Waals surface area contributed by atoms with Crippen molar-refractivity contribution >= 4 is 11.0 Å². The summed E-state index contributed by atoms with van der Waals surface area (Å²) in [6.07, 6.45) is 1.89. The Kier molecular flexibility index (Phi) is 11.2. The Balaban J connectivity index is 0.00000528. The smallest absolute Gasteiger partial charge is 0.148 e. The van der Waals surface area contributed by atoms with Gasteiger partial charge in [0.05, 0.1) is 22.3 Å². The van der Waals surface area contributed by atoms with Gasteiger partial charge in [0.2, 0.25) is 0 Å². The van der Waals surface area contributed by atoms with Gasteiger partial charge < -0.3 is 5.11 Å². The number of hydrogen-bond acceptors (Lipinski definition) is 3. The second-order valence-electron chi connectivity index (χ2n) is 18.5. The van der Waals surface area contributed by atoms with Crippen molar-refractivity contribution in [2.75, 3.05) is 0 Å². The minimum absolute atomic E-state index is 0. The van der Waals surface area contributed by atoms with E-state index in [0.29, 0.717) is 11.4 Å². The summed E-state index contributed by atoms with van der Waals surface area (Å²) in [6, 6.07) is 52.7. The van der Waals surface area contributed by atoms with Crippen molar-refractivity contribution in [3.63, 3.8) is 0 Å². The first-order valence-electron chi connectivity index (χ1n) is 20.2. The average Bonchev–Trinajstić information content (AvgIpc) is 3.59. The Morgan fingerprint density at radius 3 is 1.81 bits per heavy atom.